The topological polar surface area (TPSA) is 41.1 Å². The number of hydrogen-bond donors (Lipinski definition) is 2. The first kappa shape index (κ1) is 14.6. The van der Waals surface area contributed by atoms with Crippen LogP contribution in [0.4, 0.5) is 5.69 Å². The van der Waals surface area contributed by atoms with E-state index < -0.39 is 0 Å². The van der Waals surface area contributed by atoms with Gasteiger partial charge in [0.2, 0.25) is 0 Å². The fourth-order valence-electron chi connectivity index (χ4n) is 2.41. The quantitative estimate of drug-likeness (QED) is 0.777. The second kappa shape index (κ2) is 7.73. The molecule has 1 aromatic rings. The van der Waals surface area contributed by atoms with Gasteiger partial charge in [-0.1, -0.05) is 25.1 Å². The van der Waals surface area contributed by atoms with Crippen molar-refractivity contribution in [1.82, 2.24) is 5.32 Å². The summed E-state index contributed by atoms with van der Waals surface area (Å²) in [6.45, 7) is 3.76. The Labute approximate surface area is 121 Å². The Bertz CT molecular complexity index is 468. The van der Waals surface area contributed by atoms with Crippen LogP contribution in [0.3, 0.4) is 0 Å². The van der Waals surface area contributed by atoms with E-state index in [1.807, 2.05) is 24.3 Å². The van der Waals surface area contributed by atoms with E-state index in [9.17, 15) is 4.79 Å². The average molecular weight is 272 g/mol. The van der Waals surface area contributed by atoms with Crippen LogP contribution in [0.5, 0.6) is 0 Å². The smallest absolute Gasteiger partial charge is 0.251 e. The molecular weight excluding hydrogens is 248 g/mol. The van der Waals surface area contributed by atoms with Crippen LogP contribution in [-0.2, 0) is 0 Å². The number of hydrogen-bond acceptors (Lipinski definition) is 2. The van der Waals surface area contributed by atoms with Gasteiger partial charge in [-0.3, -0.25) is 4.79 Å². The Hall–Kier alpha value is -1.77. The van der Waals surface area contributed by atoms with Crippen LogP contribution in [0.2, 0.25) is 0 Å². The van der Waals surface area contributed by atoms with Crippen LogP contribution >= 0.6 is 0 Å². The predicted molar refractivity (Wildman–Crippen MR) is 84.0 cm³/mol. The fraction of sp³-hybridized carbons (Fsp3) is 0.471. The first-order valence-corrected chi connectivity index (χ1v) is 7.56. The molecule has 1 aromatic carbocycles. The molecule has 3 nitrogen and oxygen atoms in total. The second-order valence-electron chi connectivity index (χ2n) is 5.37. The molecule has 20 heavy (non-hydrogen) atoms. The first-order chi connectivity index (χ1) is 9.79. The summed E-state index contributed by atoms with van der Waals surface area (Å²) >= 11 is 0. The van der Waals surface area contributed by atoms with Gasteiger partial charge in [-0.25, -0.2) is 0 Å². The largest absolute Gasteiger partial charge is 0.385 e. The molecule has 0 heterocycles. The van der Waals surface area contributed by atoms with Crippen molar-refractivity contribution in [2.45, 2.75) is 32.6 Å². The zero-order valence-corrected chi connectivity index (χ0v) is 12.2. The first-order valence-electron chi connectivity index (χ1n) is 7.56. The average Bonchev–Trinajstić information content (AvgIpc) is 2.52. The van der Waals surface area contributed by atoms with Gasteiger partial charge < -0.3 is 10.6 Å². The number of allylic oxidation sites excluding steroid dienone is 2. The molecule has 2 N–H and O–H groups in total. The van der Waals surface area contributed by atoms with E-state index in [4.69, 9.17) is 0 Å². The fourth-order valence-corrected chi connectivity index (χ4v) is 2.41. The molecular formula is C17H24N2O. The van der Waals surface area contributed by atoms with Gasteiger partial charge in [-0.05, 0) is 49.8 Å². The maximum absolute atomic E-state index is 11.9. The highest BCUT2D eigenvalue weighted by Gasteiger charge is 2.10. The zero-order valence-electron chi connectivity index (χ0n) is 12.2. The SMILES string of the molecule is CCCNC(=O)c1cccc(NCC2CC=CCC2)c1. The minimum atomic E-state index is 0.0103. The van der Waals surface area contributed by atoms with Gasteiger partial charge >= 0.3 is 0 Å². The van der Waals surface area contributed by atoms with E-state index in [-0.39, 0.29) is 5.91 Å². The van der Waals surface area contributed by atoms with Crippen molar-refractivity contribution in [3.05, 3.63) is 42.0 Å². The molecule has 0 spiro atoms. The third-order valence-corrected chi connectivity index (χ3v) is 3.63. The van der Waals surface area contributed by atoms with Crippen LogP contribution in [0.25, 0.3) is 0 Å². The Morgan fingerprint density at radius 2 is 2.25 bits per heavy atom. The highest BCUT2D eigenvalue weighted by atomic mass is 16.1. The molecule has 0 saturated heterocycles. The minimum Gasteiger partial charge on any atom is -0.385 e. The van der Waals surface area contributed by atoms with E-state index in [0.29, 0.717) is 5.92 Å². The minimum absolute atomic E-state index is 0.0103. The maximum atomic E-state index is 11.9. The summed E-state index contributed by atoms with van der Waals surface area (Å²) in [5, 5.41) is 6.36. The third-order valence-electron chi connectivity index (χ3n) is 3.63. The van der Waals surface area contributed by atoms with E-state index in [2.05, 4.69) is 29.7 Å². The monoisotopic (exact) mass is 272 g/mol. The van der Waals surface area contributed by atoms with Crippen molar-refractivity contribution in [3.8, 4) is 0 Å². The molecule has 108 valence electrons. The third kappa shape index (κ3) is 4.41. The van der Waals surface area contributed by atoms with Gasteiger partial charge in [0.05, 0.1) is 0 Å². The van der Waals surface area contributed by atoms with Crippen molar-refractivity contribution in [1.29, 1.82) is 0 Å². The highest BCUT2D eigenvalue weighted by molar-refractivity contribution is 5.95. The van der Waals surface area contributed by atoms with Crippen LogP contribution in [0.15, 0.2) is 36.4 Å². The Kier molecular flexibility index (Phi) is 5.66. The standard InChI is InChI=1S/C17H24N2O/c1-2-11-18-17(20)15-9-6-10-16(12-15)19-13-14-7-4-3-5-8-14/h3-4,6,9-10,12,14,19H,2,5,7-8,11,13H2,1H3,(H,18,20). The molecule has 3 heteroatoms. The van der Waals surface area contributed by atoms with Crippen molar-refractivity contribution < 1.29 is 4.79 Å². The van der Waals surface area contributed by atoms with E-state index in [0.717, 1.165) is 37.2 Å². The zero-order chi connectivity index (χ0) is 14.2. The molecule has 0 radical (unpaired) electrons. The van der Waals surface area contributed by atoms with E-state index in [1.165, 1.54) is 12.8 Å². The van der Waals surface area contributed by atoms with Crippen LogP contribution in [0.1, 0.15) is 43.0 Å². The van der Waals surface area contributed by atoms with Crippen molar-refractivity contribution >= 4 is 11.6 Å². The molecule has 0 fully saturated rings. The summed E-state index contributed by atoms with van der Waals surface area (Å²) < 4.78 is 0. The lowest BCUT2D eigenvalue weighted by Crippen LogP contribution is -2.24. The maximum Gasteiger partial charge on any atom is 0.251 e. The number of anilines is 1. The van der Waals surface area contributed by atoms with E-state index >= 15 is 0 Å². The van der Waals surface area contributed by atoms with Crippen LogP contribution in [0, 0.1) is 5.92 Å². The summed E-state index contributed by atoms with van der Waals surface area (Å²) in [5.41, 5.74) is 1.76. The summed E-state index contributed by atoms with van der Waals surface area (Å²) in [7, 11) is 0. The van der Waals surface area contributed by atoms with Crippen molar-refractivity contribution in [2.24, 2.45) is 5.92 Å². The Morgan fingerprint density at radius 1 is 1.35 bits per heavy atom. The molecule has 0 bridgehead atoms. The van der Waals surface area contributed by atoms with Crippen LogP contribution in [-0.4, -0.2) is 19.0 Å². The normalized spacial score (nSPS) is 17.8. The summed E-state index contributed by atoms with van der Waals surface area (Å²) in [6, 6.07) is 7.75. The van der Waals surface area contributed by atoms with Crippen LogP contribution < -0.4 is 10.6 Å². The Balaban J connectivity index is 1.88. The number of amides is 1. The second-order valence-corrected chi connectivity index (χ2v) is 5.37. The summed E-state index contributed by atoms with van der Waals surface area (Å²) in [6.07, 6.45) is 9.08. The lowest BCUT2D eigenvalue weighted by Gasteiger charge is -2.19. The predicted octanol–water partition coefficient (Wildman–Crippen LogP) is 3.59. The molecule has 1 amide bonds. The molecule has 1 aliphatic rings. The number of carbonyl (C=O) groups excluding carboxylic acids is 1. The summed E-state index contributed by atoms with van der Waals surface area (Å²) in [5.74, 6) is 0.716. The van der Waals surface area contributed by atoms with Crippen molar-refractivity contribution in [2.75, 3.05) is 18.4 Å². The van der Waals surface area contributed by atoms with Gasteiger partial charge in [0, 0.05) is 24.3 Å². The van der Waals surface area contributed by atoms with Crippen molar-refractivity contribution in [3.63, 3.8) is 0 Å². The lowest BCUT2D eigenvalue weighted by atomic mass is 9.94. The molecule has 0 aromatic heterocycles. The van der Waals surface area contributed by atoms with Gasteiger partial charge in [0.1, 0.15) is 0 Å². The lowest BCUT2D eigenvalue weighted by molar-refractivity contribution is 0.0953. The molecule has 1 unspecified atom stereocenters. The van der Waals surface area contributed by atoms with E-state index in [1.54, 1.807) is 0 Å². The van der Waals surface area contributed by atoms with Gasteiger partial charge in [-0.2, -0.15) is 0 Å². The Morgan fingerprint density at radius 3 is 3.00 bits per heavy atom. The number of benzene rings is 1. The number of carbonyl (C=O) groups is 1. The molecule has 1 atom stereocenters. The number of rotatable bonds is 6. The van der Waals surface area contributed by atoms with Gasteiger partial charge in [0.15, 0.2) is 0 Å². The molecule has 2 rings (SSSR count). The summed E-state index contributed by atoms with van der Waals surface area (Å²) in [4.78, 5) is 11.9. The molecule has 1 aliphatic carbocycles. The molecule has 0 aliphatic heterocycles. The van der Waals surface area contributed by atoms with Gasteiger partial charge in [0.25, 0.3) is 5.91 Å². The number of nitrogens with one attached hydrogen (secondary N) is 2. The highest BCUT2D eigenvalue weighted by Crippen LogP contribution is 2.19. The van der Waals surface area contributed by atoms with Gasteiger partial charge in [-0.15, -0.1) is 0 Å². The molecule has 0 saturated carbocycles.